The molecule has 0 aromatic rings. The Morgan fingerprint density at radius 1 is 0.857 bits per heavy atom. The Hall–Kier alpha value is -0.120. The Bertz CT molecular complexity index is 68.9. The van der Waals surface area contributed by atoms with Crippen LogP contribution in [0.5, 0.6) is 0 Å². The largest absolute Gasteiger partial charge is 0.394 e. The third-order valence-corrected chi connectivity index (χ3v) is 1.52. The van der Waals surface area contributed by atoms with E-state index in [-0.39, 0.29) is 6.61 Å². The topological polar surface area (TPSA) is 38.7 Å². The van der Waals surface area contributed by atoms with E-state index in [1.54, 1.807) is 0 Å². The second-order valence-electron chi connectivity index (χ2n) is 2.89. The summed E-state index contributed by atoms with van der Waals surface area (Å²) in [5.74, 6) is 0. The molecule has 14 heavy (non-hydrogen) atoms. The lowest BCUT2D eigenvalue weighted by molar-refractivity contribution is 0.0370. The average molecular weight is 206 g/mol. The Morgan fingerprint density at radius 3 is 1.79 bits per heavy atom. The fourth-order valence-corrected chi connectivity index (χ4v) is 0.782. The van der Waals surface area contributed by atoms with E-state index in [1.807, 2.05) is 6.92 Å². The van der Waals surface area contributed by atoms with Crippen LogP contribution in [-0.4, -0.2) is 38.1 Å². The smallest absolute Gasteiger partial charge is 0.0701 e. The van der Waals surface area contributed by atoms with Gasteiger partial charge in [0.05, 0.1) is 26.4 Å². The molecular formula is C11H26O3. The highest BCUT2D eigenvalue weighted by Gasteiger charge is 1.84. The Balaban J connectivity index is 0. The maximum atomic E-state index is 8.26. The van der Waals surface area contributed by atoms with Crippen molar-refractivity contribution in [1.82, 2.24) is 0 Å². The van der Waals surface area contributed by atoms with Crippen molar-refractivity contribution in [2.45, 2.75) is 40.0 Å². The highest BCUT2D eigenvalue weighted by atomic mass is 16.5. The molecule has 0 bridgehead atoms. The third kappa shape index (κ3) is 22.6. The van der Waals surface area contributed by atoms with Crippen LogP contribution in [0.15, 0.2) is 0 Å². The van der Waals surface area contributed by atoms with Gasteiger partial charge in [0.15, 0.2) is 0 Å². The van der Waals surface area contributed by atoms with Gasteiger partial charge in [-0.15, -0.1) is 0 Å². The Kier molecular flexibility index (Phi) is 21.7. The number of hydrogen-bond donors (Lipinski definition) is 1. The molecule has 1 N–H and O–H groups in total. The lowest BCUT2D eigenvalue weighted by Gasteiger charge is -2.00. The van der Waals surface area contributed by atoms with E-state index >= 15 is 0 Å². The van der Waals surface area contributed by atoms with Crippen LogP contribution in [0.2, 0.25) is 0 Å². The zero-order valence-electron chi connectivity index (χ0n) is 9.92. The molecule has 0 saturated carbocycles. The number of ether oxygens (including phenoxy) is 2. The van der Waals surface area contributed by atoms with Crippen molar-refractivity contribution in [3.63, 3.8) is 0 Å². The van der Waals surface area contributed by atoms with Crippen LogP contribution in [0.3, 0.4) is 0 Å². The quantitative estimate of drug-likeness (QED) is 0.619. The van der Waals surface area contributed by atoms with E-state index in [1.165, 1.54) is 19.3 Å². The molecule has 3 nitrogen and oxygen atoms in total. The minimum atomic E-state index is 0.0894. The molecule has 0 aliphatic heterocycles. The minimum Gasteiger partial charge on any atom is -0.394 e. The van der Waals surface area contributed by atoms with E-state index in [9.17, 15) is 0 Å². The molecule has 0 atom stereocenters. The predicted molar refractivity (Wildman–Crippen MR) is 59.6 cm³/mol. The molecule has 0 amide bonds. The lowest BCUT2D eigenvalue weighted by atomic mass is 10.3. The molecule has 0 spiro atoms. The van der Waals surface area contributed by atoms with E-state index in [0.29, 0.717) is 19.8 Å². The van der Waals surface area contributed by atoms with Gasteiger partial charge in [-0.25, -0.2) is 0 Å². The summed E-state index contributed by atoms with van der Waals surface area (Å²) in [7, 11) is 0. The summed E-state index contributed by atoms with van der Waals surface area (Å²) in [5, 5.41) is 8.26. The van der Waals surface area contributed by atoms with Gasteiger partial charge in [-0.2, -0.15) is 0 Å². The molecule has 0 aliphatic carbocycles. The second kappa shape index (κ2) is 18.6. The summed E-state index contributed by atoms with van der Waals surface area (Å²) in [5.41, 5.74) is 0. The van der Waals surface area contributed by atoms with Crippen molar-refractivity contribution < 1.29 is 14.6 Å². The van der Waals surface area contributed by atoms with Gasteiger partial charge in [-0.1, -0.05) is 33.1 Å². The summed E-state index contributed by atoms with van der Waals surface area (Å²) < 4.78 is 9.88. The van der Waals surface area contributed by atoms with Crippen molar-refractivity contribution in [2.24, 2.45) is 0 Å². The van der Waals surface area contributed by atoms with Gasteiger partial charge in [-0.3, -0.25) is 0 Å². The summed E-state index contributed by atoms with van der Waals surface area (Å²) in [6.45, 7) is 8.78. The van der Waals surface area contributed by atoms with Crippen molar-refractivity contribution in [3.05, 3.63) is 0 Å². The molecule has 0 aromatic heterocycles. The van der Waals surface area contributed by atoms with Gasteiger partial charge in [0, 0.05) is 6.61 Å². The van der Waals surface area contributed by atoms with E-state index in [0.717, 1.165) is 6.61 Å². The molecule has 0 heterocycles. The van der Waals surface area contributed by atoms with Crippen molar-refractivity contribution in [1.29, 1.82) is 0 Å². The number of aliphatic hydroxyl groups is 1. The first kappa shape index (κ1) is 16.3. The van der Waals surface area contributed by atoms with Crippen LogP contribution in [-0.2, 0) is 9.47 Å². The van der Waals surface area contributed by atoms with Gasteiger partial charge in [0.2, 0.25) is 0 Å². The number of rotatable bonds is 8. The first-order chi connectivity index (χ1) is 6.83. The van der Waals surface area contributed by atoms with Crippen LogP contribution >= 0.6 is 0 Å². The molecule has 0 saturated heterocycles. The molecule has 0 aromatic carbocycles. The fraction of sp³-hybridized carbons (Fsp3) is 1.00. The molecule has 3 heteroatoms. The van der Waals surface area contributed by atoms with Crippen LogP contribution in [0.4, 0.5) is 0 Å². The number of hydrogen-bond acceptors (Lipinski definition) is 3. The van der Waals surface area contributed by atoms with Gasteiger partial charge in [0.25, 0.3) is 0 Å². The van der Waals surface area contributed by atoms with Crippen LogP contribution in [0.1, 0.15) is 40.0 Å². The maximum Gasteiger partial charge on any atom is 0.0701 e. The first-order valence-electron chi connectivity index (χ1n) is 5.59. The standard InChI is InChI=1S/C6H14O3.C5H12/c1-2-8-5-6-9-4-3-7;1-3-5-4-2/h7H,2-6H2,1H3;3-5H2,1-2H3. The molecule has 0 radical (unpaired) electrons. The Labute approximate surface area is 88.4 Å². The lowest BCUT2D eigenvalue weighted by Crippen LogP contribution is -2.06. The molecule has 0 unspecified atom stereocenters. The van der Waals surface area contributed by atoms with Crippen molar-refractivity contribution >= 4 is 0 Å². The summed E-state index contributed by atoms with van der Waals surface area (Å²) in [6, 6.07) is 0. The van der Waals surface area contributed by atoms with Gasteiger partial charge < -0.3 is 14.6 Å². The van der Waals surface area contributed by atoms with Crippen LogP contribution in [0, 0.1) is 0 Å². The summed E-state index contributed by atoms with van der Waals surface area (Å²) in [4.78, 5) is 0. The van der Waals surface area contributed by atoms with Crippen molar-refractivity contribution in [2.75, 3.05) is 33.0 Å². The monoisotopic (exact) mass is 206 g/mol. The zero-order valence-corrected chi connectivity index (χ0v) is 9.92. The van der Waals surface area contributed by atoms with E-state index in [2.05, 4.69) is 13.8 Å². The molecular weight excluding hydrogens is 180 g/mol. The SMILES string of the molecule is CCCCC.CCOCCOCCO. The van der Waals surface area contributed by atoms with E-state index in [4.69, 9.17) is 14.6 Å². The fourth-order valence-electron chi connectivity index (χ4n) is 0.782. The van der Waals surface area contributed by atoms with Gasteiger partial charge in [-0.05, 0) is 6.92 Å². The predicted octanol–water partition coefficient (Wildman–Crippen LogP) is 2.23. The summed E-state index contributed by atoms with van der Waals surface area (Å²) >= 11 is 0. The highest BCUT2D eigenvalue weighted by molar-refractivity contribution is 4.28. The minimum absolute atomic E-state index is 0.0894. The molecule has 0 aliphatic rings. The first-order valence-corrected chi connectivity index (χ1v) is 5.59. The van der Waals surface area contributed by atoms with Gasteiger partial charge >= 0.3 is 0 Å². The molecule has 0 rings (SSSR count). The number of unbranched alkanes of at least 4 members (excludes halogenated alkanes) is 2. The summed E-state index contributed by atoms with van der Waals surface area (Å²) in [6.07, 6.45) is 4.08. The second-order valence-corrected chi connectivity index (χ2v) is 2.89. The molecule has 0 fully saturated rings. The van der Waals surface area contributed by atoms with Crippen LogP contribution < -0.4 is 0 Å². The zero-order chi connectivity index (χ0) is 11.1. The normalized spacial score (nSPS) is 9.43. The average Bonchev–Trinajstić information content (AvgIpc) is 2.20. The van der Waals surface area contributed by atoms with Crippen molar-refractivity contribution in [3.8, 4) is 0 Å². The van der Waals surface area contributed by atoms with E-state index < -0.39 is 0 Å². The third-order valence-electron chi connectivity index (χ3n) is 1.52. The highest BCUT2D eigenvalue weighted by Crippen LogP contribution is 1.88. The maximum absolute atomic E-state index is 8.26. The number of aliphatic hydroxyl groups excluding tert-OH is 1. The Morgan fingerprint density at radius 2 is 1.43 bits per heavy atom. The van der Waals surface area contributed by atoms with Crippen LogP contribution in [0.25, 0.3) is 0 Å². The van der Waals surface area contributed by atoms with Gasteiger partial charge in [0.1, 0.15) is 0 Å². The molecule has 88 valence electrons.